The monoisotopic (exact) mass is 241 g/mol. The number of ketones is 1. The largest absolute Gasteiger partial charge is 0.481 e. The Hall–Kier alpha value is -1.20. The maximum atomic E-state index is 12.0. The summed E-state index contributed by atoms with van der Waals surface area (Å²) in [7, 11) is 3.58. The lowest BCUT2D eigenvalue weighted by atomic mass is 10.0. The van der Waals surface area contributed by atoms with E-state index in [-0.39, 0.29) is 18.2 Å². The molecule has 0 aromatic carbocycles. The lowest BCUT2D eigenvalue weighted by Gasteiger charge is -2.21. The minimum atomic E-state index is -0.870. The highest BCUT2D eigenvalue weighted by molar-refractivity contribution is 7.12. The van der Waals surface area contributed by atoms with Crippen LogP contribution in [0.3, 0.4) is 0 Å². The van der Waals surface area contributed by atoms with Gasteiger partial charge in [0, 0.05) is 6.42 Å². The number of nitrogens with zero attached hydrogens (tertiary/aromatic N) is 1. The average Bonchev–Trinajstić information content (AvgIpc) is 2.69. The molecule has 0 aliphatic heterocycles. The Morgan fingerprint density at radius 2 is 2.19 bits per heavy atom. The van der Waals surface area contributed by atoms with Gasteiger partial charge in [0.05, 0.1) is 10.9 Å². The maximum Gasteiger partial charge on any atom is 0.303 e. The van der Waals surface area contributed by atoms with Crippen molar-refractivity contribution in [1.29, 1.82) is 0 Å². The third kappa shape index (κ3) is 3.43. The Labute approximate surface area is 98.5 Å². The van der Waals surface area contributed by atoms with Gasteiger partial charge >= 0.3 is 5.97 Å². The topological polar surface area (TPSA) is 57.6 Å². The molecule has 0 spiro atoms. The van der Waals surface area contributed by atoms with Gasteiger partial charge < -0.3 is 5.11 Å². The first kappa shape index (κ1) is 12.9. The summed E-state index contributed by atoms with van der Waals surface area (Å²) in [4.78, 5) is 25.0. The van der Waals surface area contributed by atoms with E-state index in [2.05, 4.69) is 0 Å². The lowest BCUT2D eigenvalue weighted by Crippen LogP contribution is -2.35. The average molecular weight is 241 g/mol. The number of thiophene rings is 1. The zero-order valence-electron chi connectivity index (χ0n) is 9.34. The van der Waals surface area contributed by atoms with E-state index >= 15 is 0 Å². The molecule has 0 amide bonds. The summed E-state index contributed by atoms with van der Waals surface area (Å²) >= 11 is 1.39. The molecule has 1 unspecified atom stereocenters. The van der Waals surface area contributed by atoms with Gasteiger partial charge in [0.15, 0.2) is 5.78 Å². The summed E-state index contributed by atoms with van der Waals surface area (Å²) in [6.45, 7) is 0. The molecule has 1 aromatic heterocycles. The highest BCUT2D eigenvalue weighted by Gasteiger charge is 2.23. The van der Waals surface area contributed by atoms with Gasteiger partial charge in [-0.25, -0.2) is 0 Å². The Bertz CT molecular complexity index is 359. The van der Waals surface area contributed by atoms with Crippen LogP contribution in [0.4, 0.5) is 0 Å². The van der Waals surface area contributed by atoms with Crippen molar-refractivity contribution < 1.29 is 14.7 Å². The molecule has 0 aliphatic rings. The van der Waals surface area contributed by atoms with Crippen LogP contribution in [0.1, 0.15) is 22.5 Å². The molecule has 0 aliphatic carbocycles. The fraction of sp³-hybridized carbons (Fsp3) is 0.455. The van der Waals surface area contributed by atoms with Crippen molar-refractivity contribution in [1.82, 2.24) is 4.90 Å². The summed E-state index contributed by atoms with van der Waals surface area (Å²) in [5, 5.41) is 10.5. The number of hydrogen-bond acceptors (Lipinski definition) is 4. The van der Waals surface area contributed by atoms with E-state index in [1.807, 2.05) is 11.4 Å². The van der Waals surface area contributed by atoms with Crippen molar-refractivity contribution in [3.05, 3.63) is 22.4 Å². The predicted octanol–water partition coefficient (Wildman–Crippen LogP) is 1.73. The summed E-state index contributed by atoms with van der Waals surface area (Å²) in [5.41, 5.74) is 0. The van der Waals surface area contributed by atoms with E-state index in [9.17, 15) is 9.59 Å². The summed E-state index contributed by atoms with van der Waals surface area (Å²) in [5.74, 6) is -0.868. The normalized spacial score (nSPS) is 12.7. The quantitative estimate of drug-likeness (QED) is 0.770. The van der Waals surface area contributed by atoms with E-state index in [1.54, 1.807) is 25.1 Å². The Balaban J connectivity index is 2.70. The first-order valence-electron chi connectivity index (χ1n) is 4.98. The number of carboxylic acids is 1. The van der Waals surface area contributed by atoms with E-state index in [0.717, 1.165) is 0 Å². The van der Waals surface area contributed by atoms with E-state index < -0.39 is 5.97 Å². The van der Waals surface area contributed by atoms with Gasteiger partial charge in [-0.15, -0.1) is 11.3 Å². The van der Waals surface area contributed by atoms with Gasteiger partial charge in [-0.05, 0) is 32.0 Å². The zero-order chi connectivity index (χ0) is 12.1. The molecule has 1 atom stereocenters. The molecule has 1 heterocycles. The highest BCUT2D eigenvalue weighted by Crippen LogP contribution is 2.16. The summed E-state index contributed by atoms with van der Waals surface area (Å²) < 4.78 is 0. The van der Waals surface area contributed by atoms with Crippen LogP contribution in [0.5, 0.6) is 0 Å². The number of hydrogen-bond donors (Lipinski definition) is 1. The van der Waals surface area contributed by atoms with Crippen molar-refractivity contribution >= 4 is 23.1 Å². The third-order valence-corrected chi connectivity index (χ3v) is 3.21. The van der Waals surface area contributed by atoms with Crippen molar-refractivity contribution in [3.8, 4) is 0 Å². The SMILES string of the molecule is CN(C)C(CCC(=O)O)C(=O)c1cccs1. The first-order valence-corrected chi connectivity index (χ1v) is 5.86. The molecule has 88 valence electrons. The molecule has 4 nitrogen and oxygen atoms in total. The fourth-order valence-electron chi connectivity index (χ4n) is 1.47. The molecule has 0 radical (unpaired) electrons. The van der Waals surface area contributed by atoms with Crippen molar-refractivity contribution in [2.45, 2.75) is 18.9 Å². The molecule has 0 saturated carbocycles. The van der Waals surface area contributed by atoms with Crippen LogP contribution in [0.2, 0.25) is 0 Å². The number of likely N-dealkylation sites (N-methyl/N-ethyl adjacent to an activating group) is 1. The maximum absolute atomic E-state index is 12.0. The van der Waals surface area contributed by atoms with Crippen molar-refractivity contribution in [3.63, 3.8) is 0 Å². The van der Waals surface area contributed by atoms with E-state index in [1.165, 1.54) is 11.3 Å². The number of rotatable bonds is 6. The van der Waals surface area contributed by atoms with E-state index in [0.29, 0.717) is 11.3 Å². The number of carbonyl (C=O) groups is 2. The Kier molecular flexibility index (Phi) is 4.64. The van der Waals surface area contributed by atoms with E-state index in [4.69, 9.17) is 5.11 Å². The zero-order valence-corrected chi connectivity index (χ0v) is 10.2. The van der Waals surface area contributed by atoms with Crippen molar-refractivity contribution in [2.75, 3.05) is 14.1 Å². The Morgan fingerprint density at radius 3 is 2.62 bits per heavy atom. The molecule has 1 aromatic rings. The highest BCUT2D eigenvalue weighted by atomic mass is 32.1. The van der Waals surface area contributed by atoms with Crippen LogP contribution in [0.15, 0.2) is 17.5 Å². The molecular weight excluding hydrogens is 226 g/mol. The number of carbonyl (C=O) groups excluding carboxylic acids is 1. The second kappa shape index (κ2) is 5.77. The number of carboxylic acid groups (broad SMARTS) is 1. The molecule has 1 rings (SSSR count). The van der Waals surface area contributed by atoms with Gasteiger partial charge in [-0.2, -0.15) is 0 Å². The third-order valence-electron chi connectivity index (χ3n) is 2.32. The summed E-state index contributed by atoms with van der Waals surface area (Å²) in [6.07, 6.45) is 0.360. The molecule has 1 N–H and O–H groups in total. The summed E-state index contributed by atoms with van der Waals surface area (Å²) in [6, 6.07) is 3.24. The lowest BCUT2D eigenvalue weighted by molar-refractivity contribution is -0.137. The smallest absolute Gasteiger partial charge is 0.303 e. The molecule has 5 heteroatoms. The predicted molar refractivity (Wildman–Crippen MR) is 63.0 cm³/mol. The first-order chi connectivity index (χ1) is 7.52. The van der Waals surface area contributed by atoms with Gasteiger partial charge in [0.2, 0.25) is 0 Å². The van der Waals surface area contributed by atoms with Crippen LogP contribution in [-0.2, 0) is 4.79 Å². The number of aliphatic carboxylic acids is 1. The van der Waals surface area contributed by atoms with Crippen LogP contribution in [0.25, 0.3) is 0 Å². The van der Waals surface area contributed by atoms with Gasteiger partial charge in [-0.1, -0.05) is 6.07 Å². The van der Waals surface area contributed by atoms with Crippen LogP contribution in [0, 0.1) is 0 Å². The fourth-order valence-corrected chi connectivity index (χ4v) is 2.18. The second-order valence-corrected chi connectivity index (χ2v) is 4.70. The minimum Gasteiger partial charge on any atom is -0.481 e. The standard InChI is InChI=1S/C11H15NO3S/c1-12(2)8(5-6-10(13)14)11(15)9-4-3-7-16-9/h3-4,7-8H,5-6H2,1-2H3,(H,13,14). The van der Waals surface area contributed by atoms with Gasteiger partial charge in [0.1, 0.15) is 0 Å². The molecule has 0 saturated heterocycles. The van der Waals surface area contributed by atoms with Gasteiger partial charge in [0.25, 0.3) is 0 Å². The minimum absolute atomic E-state index is 0.00116. The van der Waals surface area contributed by atoms with Crippen LogP contribution >= 0.6 is 11.3 Å². The van der Waals surface area contributed by atoms with Crippen molar-refractivity contribution in [2.24, 2.45) is 0 Å². The second-order valence-electron chi connectivity index (χ2n) is 3.75. The van der Waals surface area contributed by atoms with Crippen LogP contribution in [-0.4, -0.2) is 41.9 Å². The van der Waals surface area contributed by atoms with Gasteiger partial charge in [-0.3, -0.25) is 14.5 Å². The molecule has 0 bridgehead atoms. The molecule has 16 heavy (non-hydrogen) atoms. The Morgan fingerprint density at radius 1 is 1.50 bits per heavy atom. The molecular formula is C11H15NO3S. The number of Topliss-reactive ketones (excluding diaryl/α,β-unsaturated/α-hetero) is 1. The van der Waals surface area contributed by atoms with Crippen LogP contribution < -0.4 is 0 Å². The molecule has 0 fully saturated rings.